The van der Waals surface area contributed by atoms with E-state index in [1.165, 1.54) is 4.90 Å². The number of piperidine rings is 1. The van der Waals surface area contributed by atoms with Crippen LogP contribution in [0.15, 0.2) is 30.3 Å². The zero-order valence-corrected chi connectivity index (χ0v) is 9.17. The lowest BCUT2D eigenvalue weighted by atomic mass is 10.0. The molecule has 0 radical (unpaired) electrons. The number of benzene rings is 1. The van der Waals surface area contributed by atoms with Crippen LogP contribution in [0.1, 0.15) is 12.0 Å². The number of alkyl halides is 4. The first-order valence-corrected chi connectivity index (χ1v) is 5.43. The van der Waals surface area contributed by atoms with E-state index >= 15 is 0 Å². The summed E-state index contributed by atoms with van der Waals surface area (Å²) in [6.45, 7) is -0.598. The maximum atomic E-state index is 13.1. The summed E-state index contributed by atoms with van der Waals surface area (Å²) in [5, 5.41) is 0. The van der Waals surface area contributed by atoms with Crippen molar-refractivity contribution in [1.82, 2.24) is 4.90 Å². The van der Waals surface area contributed by atoms with Gasteiger partial charge in [-0.25, -0.2) is 0 Å². The van der Waals surface area contributed by atoms with Crippen molar-refractivity contribution >= 4 is 0 Å². The van der Waals surface area contributed by atoms with Gasteiger partial charge in [-0.15, -0.1) is 0 Å². The minimum Gasteiger partial charge on any atom is -0.293 e. The average Bonchev–Trinajstić information content (AvgIpc) is 2.25. The summed E-state index contributed by atoms with van der Waals surface area (Å²) < 4.78 is 52.1. The summed E-state index contributed by atoms with van der Waals surface area (Å²) in [7, 11) is 0. The lowest BCUT2D eigenvalue weighted by molar-refractivity contribution is -0.241. The molecule has 0 atom stereocenters. The first-order chi connectivity index (χ1) is 7.91. The first kappa shape index (κ1) is 12.4. The van der Waals surface area contributed by atoms with Gasteiger partial charge in [-0.3, -0.25) is 4.90 Å². The smallest absolute Gasteiger partial charge is 0.293 e. The summed E-state index contributed by atoms with van der Waals surface area (Å²) in [6.07, 6.45) is -0.785. The molecule has 0 spiro atoms. The van der Waals surface area contributed by atoms with E-state index in [9.17, 15) is 17.6 Å². The Bertz CT molecular complexity index is 377. The van der Waals surface area contributed by atoms with Crippen molar-refractivity contribution in [3.05, 3.63) is 35.9 Å². The maximum Gasteiger partial charge on any atom is 0.322 e. The maximum absolute atomic E-state index is 13.1. The van der Waals surface area contributed by atoms with Gasteiger partial charge in [0, 0.05) is 19.5 Å². The normalized spacial score (nSPS) is 23.5. The minimum absolute atomic E-state index is 0.00250. The summed E-state index contributed by atoms with van der Waals surface area (Å²) >= 11 is 0. The van der Waals surface area contributed by atoms with Crippen LogP contribution in [-0.2, 0) is 6.54 Å². The van der Waals surface area contributed by atoms with Crippen molar-refractivity contribution in [1.29, 1.82) is 0 Å². The van der Waals surface area contributed by atoms with Crippen molar-refractivity contribution in [2.24, 2.45) is 0 Å². The van der Waals surface area contributed by atoms with Gasteiger partial charge < -0.3 is 0 Å². The van der Waals surface area contributed by atoms with Crippen molar-refractivity contribution in [2.45, 2.75) is 24.8 Å². The second kappa shape index (κ2) is 4.29. The molecule has 1 aliphatic heterocycles. The Hall–Kier alpha value is -1.10. The molecule has 5 heteroatoms. The molecule has 1 aromatic rings. The molecule has 1 aliphatic rings. The molecule has 0 aliphatic carbocycles. The van der Waals surface area contributed by atoms with Crippen LogP contribution in [0.25, 0.3) is 0 Å². The quantitative estimate of drug-likeness (QED) is 0.725. The van der Waals surface area contributed by atoms with Gasteiger partial charge in [-0.2, -0.15) is 17.6 Å². The summed E-state index contributed by atoms with van der Waals surface area (Å²) in [6, 6.07) is 9.01. The van der Waals surface area contributed by atoms with Gasteiger partial charge >= 0.3 is 11.8 Å². The fraction of sp³-hybridized carbons (Fsp3) is 0.500. The fourth-order valence-corrected chi connectivity index (χ4v) is 1.93. The predicted molar refractivity (Wildman–Crippen MR) is 56.2 cm³/mol. The van der Waals surface area contributed by atoms with Crippen molar-refractivity contribution in [3.63, 3.8) is 0 Å². The van der Waals surface area contributed by atoms with Crippen LogP contribution < -0.4 is 0 Å². The number of hydrogen-bond donors (Lipinski definition) is 0. The standard InChI is InChI=1S/C12H13F4N/c13-11(14)6-7-17(9-12(11,15)16)8-10-4-2-1-3-5-10/h1-5H,6-9H2. The van der Waals surface area contributed by atoms with Crippen LogP contribution >= 0.6 is 0 Å². The van der Waals surface area contributed by atoms with E-state index in [0.29, 0.717) is 0 Å². The Kier molecular flexibility index (Phi) is 3.12. The number of nitrogens with zero attached hydrogens (tertiary/aromatic N) is 1. The molecule has 0 saturated carbocycles. The van der Waals surface area contributed by atoms with E-state index in [-0.39, 0.29) is 13.1 Å². The molecule has 94 valence electrons. The molecule has 1 heterocycles. The lowest BCUT2D eigenvalue weighted by Crippen LogP contribution is -2.55. The number of hydrogen-bond acceptors (Lipinski definition) is 1. The van der Waals surface area contributed by atoms with Crippen molar-refractivity contribution < 1.29 is 17.6 Å². The average molecular weight is 247 g/mol. The van der Waals surface area contributed by atoms with Crippen molar-refractivity contribution in [2.75, 3.05) is 13.1 Å². The van der Waals surface area contributed by atoms with Gasteiger partial charge in [0.25, 0.3) is 0 Å². The first-order valence-electron chi connectivity index (χ1n) is 5.43. The number of rotatable bonds is 2. The molecule has 0 N–H and O–H groups in total. The van der Waals surface area contributed by atoms with Crippen LogP contribution in [0, 0.1) is 0 Å². The fourth-order valence-electron chi connectivity index (χ4n) is 1.93. The van der Waals surface area contributed by atoms with E-state index in [4.69, 9.17) is 0 Å². The lowest BCUT2D eigenvalue weighted by Gasteiger charge is -2.37. The summed E-state index contributed by atoms with van der Waals surface area (Å²) in [4.78, 5) is 1.37. The molecule has 0 aromatic heterocycles. The number of likely N-dealkylation sites (tertiary alicyclic amines) is 1. The zero-order chi connectivity index (χ0) is 12.5. The number of halogens is 4. The Morgan fingerprint density at radius 3 is 2.24 bits per heavy atom. The summed E-state index contributed by atoms with van der Waals surface area (Å²) in [5.41, 5.74) is 0.855. The highest BCUT2D eigenvalue weighted by atomic mass is 19.3. The molecule has 1 nitrogen and oxygen atoms in total. The predicted octanol–water partition coefficient (Wildman–Crippen LogP) is 3.16. The van der Waals surface area contributed by atoms with Crippen LogP contribution in [-0.4, -0.2) is 29.8 Å². The zero-order valence-electron chi connectivity index (χ0n) is 9.17. The second-order valence-corrected chi connectivity index (χ2v) is 4.36. The van der Waals surface area contributed by atoms with Crippen molar-refractivity contribution in [3.8, 4) is 0 Å². The van der Waals surface area contributed by atoms with Crippen LogP contribution in [0.4, 0.5) is 17.6 Å². The molecule has 1 saturated heterocycles. The highest BCUT2D eigenvalue weighted by Gasteiger charge is 2.58. The van der Waals surface area contributed by atoms with Crippen LogP contribution in [0.3, 0.4) is 0 Å². The topological polar surface area (TPSA) is 3.24 Å². The SMILES string of the molecule is FC1(F)CCN(Cc2ccccc2)CC1(F)F. The molecular formula is C12H13F4N. The molecular weight excluding hydrogens is 234 g/mol. The largest absolute Gasteiger partial charge is 0.322 e. The molecule has 17 heavy (non-hydrogen) atoms. The van der Waals surface area contributed by atoms with Gasteiger partial charge in [0.05, 0.1) is 6.54 Å². The third kappa shape index (κ3) is 2.60. The molecule has 0 amide bonds. The van der Waals surface area contributed by atoms with Crippen LogP contribution in [0.2, 0.25) is 0 Å². The molecule has 2 rings (SSSR count). The van der Waals surface area contributed by atoms with Gasteiger partial charge in [0.15, 0.2) is 0 Å². The third-order valence-corrected chi connectivity index (χ3v) is 2.95. The summed E-state index contributed by atoms with van der Waals surface area (Å²) in [5.74, 6) is -7.81. The molecule has 1 aromatic carbocycles. The van der Waals surface area contributed by atoms with Gasteiger partial charge in [-0.05, 0) is 5.56 Å². The Labute approximate surface area is 97.0 Å². The molecule has 0 unspecified atom stereocenters. The van der Waals surface area contributed by atoms with E-state index < -0.39 is 24.8 Å². The third-order valence-electron chi connectivity index (χ3n) is 2.95. The highest BCUT2D eigenvalue weighted by Crippen LogP contribution is 2.41. The van der Waals surface area contributed by atoms with Gasteiger partial charge in [0.2, 0.25) is 0 Å². The molecule has 1 fully saturated rings. The van der Waals surface area contributed by atoms with E-state index in [2.05, 4.69) is 0 Å². The minimum atomic E-state index is -3.93. The van der Waals surface area contributed by atoms with Gasteiger partial charge in [0.1, 0.15) is 0 Å². The van der Waals surface area contributed by atoms with Gasteiger partial charge in [-0.1, -0.05) is 30.3 Å². The van der Waals surface area contributed by atoms with E-state index in [0.717, 1.165) is 5.56 Å². The second-order valence-electron chi connectivity index (χ2n) is 4.36. The molecule has 0 bridgehead atoms. The Morgan fingerprint density at radius 2 is 1.65 bits per heavy atom. The van der Waals surface area contributed by atoms with E-state index in [1.54, 1.807) is 24.3 Å². The van der Waals surface area contributed by atoms with Crippen LogP contribution in [0.5, 0.6) is 0 Å². The highest BCUT2D eigenvalue weighted by molar-refractivity contribution is 5.14. The monoisotopic (exact) mass is 247 g/mol. The van der Waals surface area contributed by atoms with E-state index in [1.807, 2.05) is 6.07 Å². The Morgan fingerprint density at radius 1 is 1.00 bits per heavy atom. The Balaban J connectivity index is 2.02.